The van der Waals surface area contributed by atoms with E-state index in [4.69, 9.17) is 9.72 Å². The molecular weight excluding hydrogens is 478 g/mol. The Labute approximate surface area is 221 Å². The lowest BCUT2D eigenvalue weighted by atomic mass is 9.86. The van der Waals surface area contributed by atoms with Gasteiger partial charge in [0.25, 0.3) is 5.91 Å². The first kappa shape index (κ1) is 24.7. The number of anilines is 1. The van der Waals surface area contributed by atoms with E-state index in [9.17, 15) is 4.79 Å². The number of hydrogen-bond acceptors (Lipinski definition) is 5. The fourth-order valence-corrected chi connectivity index (χ4v) is 4.88. The highest BCUT2D eigenvalue weighted by atomic mass is 32.1. The molecule has 0 radical (unpaired) electrons. The van der Waals surface area contributed by atoms with E-state index in [1.807, 2.05) is 66.9 Å². The van der Waals surface area contributed by atoms with Crippen LogP contribution in [-0.2, 0) is 5.41 Å². The molecule has 0 atom stereocenters. The number of para-hydroxylation sites is 1. The van der Waals surface area contributed by atoms with Gasteiger partial charge in [-0.2, -0.15) is 0 Å². The number of rotatable bonds is 6. The molecule has 0 saturated carbocycles. The Kier molecular flexibility index (Phi) is 6.76. The lowest BCUT2D eigenvalue weighted by Crippen LogP contribution is -2.13. The van der Waals surface area contributed by atoms with Crippen molar-refractivity contribution >= 4 is 33.3 Å². The number of carbonyl (C=O) groups is 1. The number of amides is 1. The van der Waals surface area contributed by atoms with Gasteiger partial charge in [0.15, 0.2) is 5.13 Å². The summed E-state index contributed by atoms with van der Waals surface area (Å²) in [6.45, 7) is 9.16. The van der Waals surface area contributed by atoms with Gasteiger partial charge in [-0.1, -0.05) is 63.2 Å². The number of hydrogen-bond donors (Lipinski definition) is 1. The third-order valence-electron chi connectivity index (χ3n) is 6.19. The number of nitrogens with one attached hydrogen (secondary N) is 1. The van der Waals surface area contributed by atoms with Crippen LogP contribution in [0.4, 0.5) is 5.13 Å². The van der Waals surface area contributed by atoms with Gasteiger partial charge < -0.3 is 4.74 Å². The first-order valence-corrected chi connectivity index (χ1v) is 13.2. The maximum absolute atomic E-state index is 13.5. The molecule has 37 heavy (non-hydrogen) atoms. The van der Waals surface area contributed by atoms with Crippen molar-refractivity contribution in [2.75, 3.05) is 11.9 Å². The lowest BCUT2D eigenvalue weighted by Gasteiger charge is -2.18. The molecule has 0 unspecified atom stereocenters. The molecule has 5 rings (SSSR count). The lowest BCUT2D eigenvalue weighted by molar-refractivity contribution is 0.102. The monoisotopic (exact) mass is 507 g/mol. The molecule has 1 amide bonds. The van der Waals surface area contributed by atoms with Crippen molar-refractivity contribution in [1.82, 2.24) is 9.97 Å². The molecule has 0 aliphatic heterocycles. The molecule has 0 bridgehead atoms. The number of fused-ring (bicyclic) bond motifs is 1. The van der Waals surface area contributed by atoms with Crippen molar-refractivity contribution in [3.05, 3.63) is 95.4 Å². The van der Waals surface area contributed by atoms with Crippen molar-refractivity contribution in [3.63, 3.8) is 0 Å². The fourth-order valence-electron chi connectivity index (χ4n) is 4.17. The quantitative estimate of drug-likeness (QED) is 0.253. The summed E-state index contributed by atoms with van der Waals surface area (Å²) in [4.78, 5) is 22.9. The van der Waals surface area contributed by atoms with Gasteiger partial charge in [0.05, 0.1) is 29.1 Å². The van der Waals surface area contributed by atoms with Gasteiger partial charge in [0, 0.05) is 21.9 Å². The molecule has 0 aliphatic rings. The van der Waals surface area contributed by atoms with E-state index in [0.717, 1.165) is 39.2 Å². The Morgan fingerprint density at radius 2 is 1.57 bits per heavy atom. The van der Waals surface area contributed by atoms with E-state index in [1.54, 1.807) is 0 Å². The van der Waals surface area contributed by atoms with Gasteiger partial charge in [-0.05, 0) is 54.3 Å². The molecule has 2 aromatic heterocycles. The van der Waals surface area contributed by atoms with E-state index < -0.39 is 0 Å². The molecule has 186 valence electrons. The Morgan fingerprint density at radius 3 is 2.27 bits per heavy atom. The smallest absolute Gasteiger partial charge is 0.258 e. The van der Waals surface area contributed by atoms with Gasteiger partial charge >= 0.3 is 0 Å². The molecule has 0 saturated heterocycles. The second-order valence-corrected chi connectivity index (χ2v) is 10.7. The Hall–Kier alpha value is -4.03. The third kappa shape index (κ3) is 5.39. The minimum atomic E-state index is -0.213. The van der Waals surface area contributed by atoms with Gasteiger partial charge in [-0.3, -0.25) is 10.1 Å². The largest absolute Gasteiger partial charge is 0.494 e. The highest BCUT2D eigenvalue weighted by Crippen LogP contribution is 2.30. The molecule has 0 spiro atoms. The first-order valence-electron chi connectivity index (χ1n) is 12.3. The summed E-state index contributed by atoms with van der Waals surface area (Å²) in [6, 6.07) is 25.7. The zero-order chi connectivity index (χ0) is 26.0. The van der Waals surface area contributed by atoms with Crippen LogP contribution in [0, 0.1) is 0 Å². The molecule has 6 heteroatoms. The molecule has 5 aromatic rings. The molecule has 2 heterocycles. The topological polar surface area (TPSA) is 64.1 Å². The van der Waals surface area contributed by atoms with Crippen LogP contribution >= 0.6 is 11.3 Å². The predicted molar refractivity (Wildman–Crippen MR) is 153 cm³/mol. The highest BCUT2D eigenvalue weighted by molar-refractivity contribution is 7.14. The summed E-state index contributed by atoms with van der Waals surface area (Å²) in [5.74, 6) is 0.590. The van der Waals surface area contributed by atoms with Gasteiger partial charge in [0.1, 0.15) is 5.75 Å². The Balaban J connectivity index is 1.42. The standard InChI is InChI=1S/C31H29N3O2S/c1-5-36-23-16-12-20(13-17-23)27-18-25(24-8-6-7-9-26(24)32-27)29(35)34-30-33-28(19-37-30)21-10-14-22(15-11-21)31(2,3)4/h6-19H,5H2,1-4H3,(H,33,34,35). The van der Waals surface area contributed by atoms with Gasteiger partial charge in [-0.15, -0.1) is 11.3 Å². The van der Waals surface area contributed by atoms with Crippen molar-refractivity contribution < 1.29 is 9.53 Å². The molecule has 3 aromatic carbocycles. The maximum Gasteiger partial charge on any atom is 0.258 e. The fraction of sp³-hybridized carbons (Fsp3) is 0.194. The summed E-state index contributed by atoms with van der Waals surface area (Å²) >= 11 is 1.42. The number of benzene rings is 3. The van der Waals surface area contributed by atoms with E-state index >= 15 is 0 Å². The number of pyridine rings is 1. The SMILES string of the molecule is CCOc1ccc(-c2cc(C(=O)Nc3nc(-c4ccc(C(C)(C)C)cc4)cs3)c3ccccc3n2)cc1. The molecule has 5 nitrogen and oxygen atoms in total. The minimum Gasteiger partial charge on any atom is -0.494 e. The van der Waals surface area contributed by atoms with Crippen molar-refractivity contribution in [2.24, 2.45) is 0 Å². The van der Waals surface area contributed by atoms with E-state index in [2.05, 4.69) is 55.3 Å². The van der Waals surface area contributed by atoms with E-state index in [1.165, 1.54) is 16.9 Å². The zero-order valence-electron chi connectivity index (χ0n) is 21.4. The number of thiazole rings is 1. The number of ether oxygens (including phenoxy) is 1. The van der Waals surface area contributed by atoms with Crippen LogP contribution in [-0.4, -0.2) is 22.5 Å². The summed E-state index contributed by atoms with van der Waals surface area (Å²) in [7, 11) is 0. The van der Waals surface area contributed by atoms with E-state index in [-0.39, 0.29) is 11.3 Å². The normalized spacial score (nSPS) is 11.5. The molecule has 0 aliphatic carbocycles. The predicted octanol–water partition coefficient (Wildman–Crippen LogP) is 7.97. The zero-order valence-corrected chi connectivity index (χ0v) is 22.2. The van der Waals surface area contributed by atoms with Gasteiger partial charge in [0.2, 0.25) is 0 Å². The van der Waals surface area contributed by atoms with Crippen LogP contribution in [0.2, 0.25) is 0 Å². The number of aromatic nitrogens is 2. The maximum atomic E-state index is 13.5. The van der Waals surface area contributed by atoms with Gasteiger partial charge in [-0.25, -0.2) is 9.97 Å². The molecule has 0 fully saturated rings. The summed E-state index contributed by atoms with van der Waals surface area (Å²) in [5.41, 5.74) is 6.19. The van der Waals surface area contributed by atoms with Crippen molar-refractivity contribution in [3.8, 4) is 28.3 Å². The average Bonchev–Trinajstić information content (AvgIpc) is 3.36. The van der Waals surface area contributed by atoms with Crippen molar-refractivity contribution in [1.29, 1.82) is 0 Å². The highest BCUT2D eigenvalue weighted by Gasteiger charge is 2.17. The van der Waals surface area contributed by atoms with Crippen LogP contribution in [0.3, 0.4) is 0 Å². The van der Waals surface area contributed by atoms with Crippen LogP contribution in [0.25, 0.3) is 33.4 Å². The number of carbonyl (C=O) groups excluding carboxylic acids is 1. The van der Waals surface area contributed by atoms with E-state index in [0.29, 0.717) is 17.3 Å². The van der Waals surface area contributed by atoms with Crippen LogP contribution in [0.5, 0.6) is 5.75 Å². The Bertz CT molecular complexity index is 1550. The number of nitrogens with zero attached hydrogens (tertiary/aromatic N) is 2. The van der Waals surface area contributed by atoms with Crippen LogP contribution in [0.1, 0.15) is 43.6 Å². The average molecular weight is 508 g/mol. The van der Waals surface area contributed by atoms with Crippen molar-refractivity contribution in [2.45, 2.75) is 33.1 Å². The second kappa shape index (κ2) is 10.1. The molecule has 1 N–H and O–H groups in total. The summed E-state index contributed by atoms with van der Waals surface area (Å²) in [6.07, 6.45) is 0. The second-order valence-electron chi connectivity index (χ2n) is 9.85. The van der Waals surface area contributed by atoms with Crippen LogP contribution < -0.4 is 10.1 Å². The first-order chi connectivity index (χ1) is 17.8. The van der Waals surface area contributed by atoms with Crippen LogP contribution in [0.15, 0.2) is 84.2 Å². The summed E-state index contributed by atoms with van der Waals surface area (Å²) < 4.78 is 5.56. The molecular formula is C31H29N3O2S. The third-order valence-corrected chi connectivity index (χ3v) is 6.95. The summed E-state index contributed by atoms with van der Waals surface area (Å²) in [5, 5.41) is 6.33. The minimum absolute atomic E-state index is 0.0945. The Morgan fingerprint density at radius 1 is 0.892 bits per heavy atom.